The number of nitrogens with one attached hydrogen (secondary N) is 1. The van der Waals surface area contributed by atoms with E-state index in [1.807, 2.05) is 32.0 Å². The Hall–Kier alpha value is -2.91. The number of piperidine rings is 1. The number of carbonyl (C=O) groups is 1. The number of ether oxygens (including phenoxy) is 2. The molecule has 2 aromatic heterocycles. The molecule has 0 unspecified atom stereocenters. The van der Waals surface area contributed by atoms with E-state index >= 15 is 0 Å². The van der Waals surface area contributed by atoms with Gasteiger partial charge in [-0.2, -0.15) is 0 Å². The van der Waals surface area contributed by atoms with Gasteiger partial charge in [0.05, 0.1) is 12.0 Å². The second kappa shape index (κ2) is 10.4. The molecule has 1 aromatic carbocycles. The quantitative estimate of drug-likeness (QED) is 0.493. The van der Waals surface area contributed by atoms with E-state index in [-0.39, 0.29) is 6.61 Å². The predicted molar refractivity (Wildman–Crippen MR) is 131 cm³/mol. The number of nitrogens with zero attached hydrogens (tertiary/aromatic N) is 3. The number of fused-ring (bicyclic) bond motifs is 1. The summed E-state index contributed by atoms with van der Waals surface area (Å²) >= 11 is 1.71. The van der Waals surface area contributed by atoms with Crippen molar-refractivity contribution in [2.45, 2.75) is 46.2 Å². The van der Waals surface area contributed by atoms with Gasteiger partial charge >= 0.3 is 0 Å². The van der Waals surface area contributed by atoms with E-state index in [1.165, 1.54) is 4.88 Å². The second-order valence-corrected chi connectivity index (χ2v) is 9.59. The summed E-state index contributed by atoms with van der Waals surface area (Å²) in [6.07, 6.45) is 2.09. The third-order valence-electron chi connectivity index (χ3n) is 5.64. The largest absolute Gasteiger partial charge is 0.490 e. The molecule has 0 bridgehead atoms. The van der Waals surface area contributed by atoms with Crippen molar-refractivity contribution >= 4 is 33.3 Å². The summed E-state index contributed by atoms with van der Waals surface area (Å²) in [7, 11) is 0. The summed E-state index contributed by atoms with van der Waals surface area (Å²) in [4.78, 5) is 25.0. The molecular formula is C24H31N5O3S. The molecule has 1 aliphatic heterocycles. The fourth-order valence-electron chi connectivity index (χ4n) is 4.13. The van der Waals surface area contributed by atoms with Crippen LogP contribution in [0.5, 0.6) is 11.5 Å². The van der Waals surface area contributed by atoms with Crippen LogP contribution in [0, 0.1) is 13.8 Å². The third kappa shape index (κ3) is 5.91. The molecule has 0 radical (unpaired) electrons. The monoisotopic (exact) mass is 469 g/mol. The SMILES string of the molecule is CCOc1cc(CN2CCC(Nc3nc(C)nc4sc(C)cc34)CC2)ccc1OCC(N)=O. The number of hydrogen-bond acceptors (Lipinski definition) is 8. The van der Waals surface area contributed by atoms with Crippen LogP contribution in [0.3, 0.4) is 0 Å². The van der Waals surface area contributed by atoms with E-state index in [9.17, 15) is 4.79 Å². The molecule has 3 N–H and O–H groups in total. The lowest BCUT2D eigenvalue weighted by Gasteiger charge is -2.32. The Bertz CT molecular complexity index is 1120. The van der Waals surface area contributed by atoms with E-state index in [0.717, 1.165) is 59.9 Å². The van der Waals surface area contributed by atoms with Crippen LogP contribution in [-0.2, 0) is 11.3 Å². The summed E-state index contributed by atoms with van der Waals surface area (Å²) in [5, 5.41) is 4.79. The molecule has 1 saturated heterocycles. The van der Waals surface area contributed by atoms with Crippen molar-refractivity contribution in [1.29, 1.82) is 0 Å². The zero-order chi connectivity index (χ0) is 23.4. The van der Waals surface area contributed by atoms with Crippen LogP contribution in [0.4, 0.5) is 5.82 Å². The number of hydrogen-bond donors (Lipinski definition) is 2. The van der Waals surface area contributed by atoms with Gasteiger partial charge in [0.25, 0.3) is 5.91 Å². The van der Waals surface area contributed by atoms with Crippen LogP contribution >= 0.6 is 11.3 Å². The molecule has 9 heteroatoms. The fraction of sp³-hybridized carbons (Fsp3) is 0.458. The Kier molecular flexibility index (Phi) is 7.29. The molecule has 176 valence electrons. The van der Waals surface area contributed by atoms with Crippen molar-refractivity contribution in [3.63, 3.8) is 0 Å². The molecular weight excluding hydrogens is 438 g/mol. The highest BCUT2D eigenvalue weighted by molar-refractivity contribution is 7.18. The van der Waals surface area contributed by atoms with Crippen LogP contribution < -0.4 is 20.5 Å². The standard InChI is InChI=1S/C24H31N5O3S/c1-4-31-21-12-17(5-6-20(21)32-14-22(25)30)13-29-9-7-18(8-10-29)28-23-19-11-15(2)33-24(19)27-16(3)26-23/h5-6,11-12,18H,4,7-10,13-14H2,1-3H3,(H2,25,30)(H,26,27,28). The van der Waals surface area contributed by atoms with E-state index in [0.29, 0.717) is 24.1 Å². The van der Waals surface area contributed by atoms with Gasteiger partial charge in [0.2, 0.25) is 0 Å². The number of aromatic nitrogens is 2. The number of primary amides is 1. The van der Waals surface area contributed by atoms with E-state index in [2.05, 4.69) is 33.2 Å². The topological polar surface area (TPSA) is 103 Å². The van der Waals surface area contributed by atoms with Crippen molar-refractivity contribution in [2.24, 2.45) is 5.73 Å². The van der Waals surface area contributed by atoms with Crippen LogP contribution in [0.2, 0.25) is 0 Å². The van der Waals surface area contributed by atoms with Crippen LogP contribution in [0.25, 0.3) is 10.2 Å². The lowest BCUT2D eigenvalue weighted by Crippen LogP contribution is -2.38. The number of anilines is 1. The van der Waals surface area contributed by atoms with Crippen LogP contribution in [0.1, 0.15) is 36.0 Å². The molecule has 0 aliphatic carbocycles. The minimum atomic E-state index is -0.509. The molecule has 8 nitrogen and oxygen atoms in total. The summed E-state index contributed by atoms with van der Waals surface area (Å²) in [5.74, 6) is 2.43. The van der Waals surface area contributed by atoms with Crippen molar-refractivity contribution in [2.75, 3.05) is 31.6 Å². The van der Waals surface area contributed by atoms with Gasteiger partial charge in [-0.05, 0) is 57.4 Å². The minimum Gasteiger partial charge on any atom is -0.490 e. The number of benzene rings is 1. The van der Waals surface area contributed by atoms with Crippen molar-refractivity contribution in [3.05, 3.63) is 40.5 Å². The van der Waals surface area contributed by atoms with Gasteiger partial charge in [-0.1, -0.05) is 6.07 Å². The minimum absolute atomic E-state index is 0.164. The van der Waals surface area contributed by atoms with Crippen LogP contribution in [0.15, 0.2) is 24.3 Å². The lowest BCUT2D eigenvalue weighted by atomic mass is 10.0. The molecule has 1 fully saturated rings. The number of amides is 1. The molecule has 4 rings (SSSR count). The molecule has 1 aliphatic rings. The van der Waals surface area contributed by atoms with Gasteiger partial charge in [-0.3, -0.25) is 9.69 Å². The number of thiophene rings is 1. The summed E-state index contributed by atoms with van der Waals surface area (Å²) < 4.78 is 11.2. The molecule has 3 aromatic rings. The maximum Gasteiger partial charge on any atom is 0.255 e. The van der Waals surface area contributed by atoms with Gasteiger partial charge in [-0.15, -0.1) is 11.3 Å². The Labute approximate surface area is 198 Å². The number of aryl methyl sites for hydroxylation is 2. The van der Waals surface area contributed by atoms with Gasteiger partial charge in [0.1, 0.15) is 16.5 Å². The first kappa shape index (κ1) is 23.3. The van der Waals surface area contributed by atoms with Crippen molar-refractivity contribution in [1.82, 2.24) is 14.9 Å². The second-order valence-electron chi connectivity index (χ2n) is 8.36. The lowest BCUT2D eigenvalue weighted by molar-refractivity contribution is -0.119. The maximum atomic E-state index is 11.0. The maximum absolute atomic E-state index is 11.0. The van der Waals surface area contributed by atoms with Crippen LogP contribution in [-0.4, -0.2) is 53.1 Å². The number of likely N-dealkylation sites (tertiary alicyclic amines) is 1. The van der Waals surface area contributed by atoms with Gasteiger partial charge in [-0.25, -0.2) is 9.97 Å². The first-order valence-corrected chi connectivity index (χ1v) is 12.1. The normalized spacial score (nSPS) is 15.0. The molecule has 0 saturated carbocycles. The summed E-state index contributed by atoms with van der Waals surface area (Å²) in [6, 6.07) is 8.42. The number of nitrogens with two attached hydrogens (primary N) is 1. The molecule has 1 amide bonds. The average molecular weight is 470 g/mol. The molecule has 33 heavy (non-hydrogen) atoms. The molecule has 0 atom stereocenters. The van der Waals surface area contributed by atoms with Gasteiger partial charge in [0.15, 0.2) is 18.1 Å². The molecule has 0 spiro atoms. The highest BCUT2D eigenvalue weighted by Crippen LogP contribution is 2.31. The van der Waals surface area contributed by atoms with Gasteiger partial charge in [0, 0.05) is 30.6 Å². The predicted octanol–water partition coefficient (Wildman–Crippen LogP) is 3.65. The van der Waals surface area contributed by atoms with Crippen molar-refractivity contribution in [3.8, 4) is 11.5 Å². The number of rotatable bonds is 9. The first-order chi connectivity index (χ1) is 15.9. The Morgan fingerprint density at radius 1 is 1.18 bits per heavy atom. The zero-order valence-electron chi connectivity index (χ0n) is 19.4. The van der Waals surface area contributed by atoms with E-state index in [1.54, 1.807) is 11.3 Å². The zero-order valence-corrected chi connectivity index (χ0v) is 20.2. The van der Waals surface area contributed by atoms with Gasteiger partial charge < -0.3 is 20.5 Å². The summed E-state index contributed by atoms with van der Waals surface area (Å²) in [5.41, 5.74) is 6.34. The Morgan fingerprint density at radius 3 is 2.70 bits per heavy atom. The highest BCUT2D eigenvalue weighted by Gasteiger charge is 2.21. The van der Waals surface area contributed by atoms with E-state index < -0.39 is 5.91 Å². The highest BCUT2D eigenvalue weighted by atomic mass is 32.1. The summed E-state index contributed by atoms with van der Waals surface area (Å²) in [6.45, 7) is 9.17. The Balaban J connectivity index is 1.36. The van der Waals surface area contributed by atoms with E-state index in [4.69, 9.17) is 15.2 Å². The third-order valence-corrected chi connectivity index (χ3v) is 6.58. The molecule has 3 heterocycles. The Morgan fingerprint density at radius 2 is 1.97 bits per heavy atom. The number of carbonyl (C=O) groups excluding carboxylic acids is 1. The smallest absolute Gasteiger partial charge is 0.255 e. The first-order valence-electron chi connectivity index (χ1n) is 11.3. The van der Waals surface area contributed by atoms with Crippen molar-refractivity contribution < 1.29 is 14.3 Å². The fourth-order valence-corrected chi connectivity index (χ4v) is 5.06. The average Bonchev–Trinajstić information content (AvgIpc) is 3.15.